The van der Waals surface area contributed by atoms with Gasteiger partial charge in [-0.3, -0.25) is 9.59 Å². The lowest BCUT2D eigenvalue weighted by Gasteiger charge is -2.14. The molecule has 7 nitrogen and oxygen atoms in total. The lowest BCUT2D eigenvalue weighted by Crippen LogP contribution is -2.41. The van der Waals surface area contributed by atoms with Crippen molar-refractivity contribution < 1.29 is 32.6 Å². The summed E-state index contributed by atoms with van der Waals surface area (Å²) in [6, 6.07) is 1.55. The Hall–Kier alpha value is -1.71. The van der Waals surface area contributed by atoms with Gasteiger partial charge in [0.1, 0.15) is 10.9 Å². The van der Waals surface area contributed by atoms with E-state index in [2.05, 4.69) is 0 Å². The maximum atomic E-state index is 13.7. The fourth-order valence-corrected chi connectivity index (χ4v) is 3.00. The van der Waals surface area contributed by atoms with Crippen molar-refractivity contribution in [3.63, 3.8) is 0 Å². The first-order valence-electron chi connectivity index (χ1n) is 5.56. The highest BCUT2D eigenvalue weighted by molar-refractivity contribution is 7.89. The second-order valence-corrected chi connectivity index (χ2v) is 6.09. The number of hydrogen-bond acceptors (Lipinski definition) is 4. The third-order valence-corrected chi connectivity index (χ3v) is 4.23. The molecule has 1 atom stereocenters. The van der Waals surface area contributed by atoms with Gasteiger partial charge in [-0.05, 0) is 18.6 Å². The summed E-state index contributed by atoms with van der Waals surface area (Å²) in [5.41, 5.74) is 0. The molecule has 0 bridgehead atoms. The standard InChI is InChI=1S/C11H11ClFNO6S/c12-6-2-1-3-8(10(6)13)21(19,20)14-7(11(17)18)4-5-9(15)16/h1-3,7,14H,4-5H2,(H,15,16)(H,17,18)/t7-/m0/s1. The van der Waals surface area contributed by atoms with Crippen LogP contribution in [-0.2, 0) is 19.6 Å². The molecule has 21 heavy (non-hydrogen) atoms. The van der Waals surface area contributed by atoms with Gasteiger partial charge < -0.3 is 10.2 Å². The first-order valence-corrected chi connectivity index (χ1v) is 7.42. The van der Waals surface area contributed by atoms with Crippen LogP contribution in [0.5, 0.6) is 0 Å². The van der Waals surface area contributed by atoms with Gasteiger partial charge in [-0.1, -0.05) is 17.7 Å². The highest BCUT2D eigenvalue weighted by Gasteiger charge is 2.28. The van der Waals surface area contributed by atoms with Crippen molar-refractivity contribution in [1.82, 2.24) is 4.72 Å². The van der Waals surface area contributed by atoms with E-state index in [1.807, 2.05) is 0 Å². The molecule has 0 fully saturated rings. The summed E-state index contributed by atoms with van der Waals surface area (Å²) >= 11 is 5.46. The molecular formula is C11H11ClFNO6S. The van der Waals surface area contributed by atoms with Gasteiger partial charge in [0.2, 0.25) is 10.0 Å². The summed E-state index contributed by atoms with van der Waals surface area (Å²) in [4.78, 5) is 20.5. The number of sulfonamides is 1. The fraction of sp³-hybridized carbons (Fsp3) is 0.273. The van der Waals surface area contributed by atoms with Crippen LogP contribution < -0.4 is 4.72 Å². The van der Waals surface area contributed by atoms with E-state index in [4.69, 9.17) is 21.8 Å². The van der Waals surface area contributed by atoms with Crippen LogP contribution in [0.25, 0.3) is 0 Å². The van der Waals surface area contributed by atoms with Gasteiger partial charge in [0.25, 0.3) is 0 Å². The molecule has 1 rings (SSSR count). The van der Waals surface area contributed by atoms with Crippen molar-refractivity contribution in [3.05, 3.63) is 29.0 Å². The molecule has 0 unspecified atom stereocenters. The number of hydrogen-bond donors (Lipinski definition) is 3. The average molecular weight is 340 g/mol. The Balaban J connectivity index is 3.03. The van der Waals surface area contributed by atoms with Crippen LogP contribution in [0.3, 0.4) is 0 Å². The minimum Gasteiger partial charge on any atom is -0.481 e. The number of carboxylic acids is 2. The number of halogens is 2. The van der Waals surface area contributed by atoms with Crippen LogP contribution >= 0.6 is 11.6 Å². The number of carboxylic acid groups (broad SMARTS) is 2. The van der Waals surface area contributed by atoms with E-state index in [0.717, 1.165) is 12.1 Å². The van der Waals surface area contributed by atoms with E-state index in [-0.39, 0.29) is 0 Å². The van der Waals surface area contributed by atoms with Crippen LogP contribution in [0.15, 0.2) is 23.1 Å². The summed E-state index contributed by atoms with van der Waals surface area (Å²) in [6.07, 6.45) is -1.04. The second-order valence-electron chi connectivity index (χ2n) is 4.00. The number of aliphatic carboxylic acids is 2. The molecule has 0 spiro atoms. The van der Waals surface area contributed by atoms with Crippen molar-refractivity contribution in [2.24, 2.45) is 0 Å². The molecule has 0 heterocycles. The first-order chi connectivity index (χ1) is 9.65. The zero-order chi connectivity index (χ0) is 16.2. The molecule has 0 amide bonds. The predicted octanol–water partition coefficient (Wildman–Crippen LogP) is 1.08. The molecule has 3 N–H and O–H groups in total. The topological polar surface area (TPSA) is 121 Å². The third kappa shape index (κ3) is 4.66. The van der Waals surface area contributed by atoms with Crippen molar-refractivity contribution in [1.29, 1.82) is 0 Å². The van der Waals surface area contributed by atoms with Crippen LogP contribution in [0, 0.1) is 5.82 Å². The van der Waals surface area contributed by atoms with E-state index < -0.39 is 56.6 Å². The number of nitrogens with one attached hydrogen (secondary N) is 1. The minimum atomic E-state index is -4.49. The number of benzene rings is 1. The van der Waals surface area contributed by atoms with Gasteiger partial charge in [0, 0.05) is 6.42 Å². The lowest BCUT2D eigenvalue weighted by molar-refractivity contribution is -0.140. The van der Waals surface area contributed by atoms with Gasteiger partial charge in [-0.2, -0.15) is 4.72 Å². The Morgan fingerprint density at radius 1 is 1.33 bits per heavy atom. The Labute approximate surface area is 124 Å². The van der Waals surface area contributed by atoms with Crippen molar-refractivity contribution in [3.8, 4) is 0 Å². The predicted molar refractivity (Wildman–Crippen MR) is 70.0 cm³/mol. The molecule has 0 saturated carbocycles. The van der Waals surface area contributed by atoms with Crippen LogP contribution in [0.1, 0.15) is 12.8 Å². The SMILES string of the molecule is O=C(O)CC[C@H](NS(=O)(=O)c1cccc(Cl)c1F)C(=O)O. The fourth-order valence-electron chi connectivity index (χ4n) is 1.44. The largest absolute Gasteiger partial charge is 0.481 e. The number of rotatable bonds is 7. The zero-order valence-corrected chi connectivity index (χ0v) is 12.0. The maximum absolute atomic E-state index is 13.7. The van der Waals surface area contributed by atoms with E-state index in [1.54, 1.807) is 4.72 Å². The molecule has 0 saturated heterocycles. The highest BCUT2D eigenvalue weighted by atomic mass is 35.5. The normalized spacial score (nSPS) is 12.9. The molecule has 10 heteroatoms. The maximum Gasteiger partial charge on any atom is 0.321 e. The number of carbonyl (C=O) groups is 2. The zero-order valence-electron chi connectivity index (χ0n) is 10.4. The Morgan fingerprint density at radius 2 is 1.95 bits per heavy atom. The van der Waals surface area contributed by atoms with Crippen LogP contribution in [-0.4, -0.2) is 36.6 Å². The molecule has 0 radical (unpaired) electrons. The minimum absolute atomic E-state index is 0.435. The molecule has 0 aliphatic rings. The molecule has 1 aromatic rings. The molecule has 0 aliphatic heterocycles. The molecular weight excluding hydrogens is 329 g/mol. The quantitative estimate of drug-likeness (QED) is 0.683. The van der Waals surface area contributed by atoms with E-state index in [9.17, 15) is 22.4 Å². The summed E-state index contributed by atoms with van der Waals surface area (Å²) in [7, 11) is -4.49. The average Bonchev–Trinajstić information content (AvgIpc) is 2.37. The molecule has 1 aromatic carbocycles. The second kappa shape index (κ2) is 6.83. The molecule has 0 aromatic heterocycles. The summed E-state index contributed by atoms with van der Waals surface area (Å²) in [5.74, 6) is -4.06. The molecule has 0 aliphatic carbocycles. The van der Waals surface area contributed by atoms with Crippen molar-refractivity contribution >= 4 is 33.6 Å². The first kappa shape index (κ1) is 17.3. The van der Waals surface area contributed by atoms with Gasteiger partial charge in [-0.25, -0.2) is 12.8 Å². The van der Waals surface area contributed by atoms with E-state index in [1.165, 1.54) is 6.07 Å². The molecule has 116 valence electrons. The summed E-state index contributed by atoms with van der Waals surface area (Å²) in [5, 5.41) is 16.9. The van der Waals surface area contributed by atoms with Gasteiger partial charge in [0.15, 0.2) is 5.82 Å². The third-order valence-electron chi connectivity index (χ3n) is 2.45. The van der Waals surface area contributed by atoms with Gasteiger partial charge in [-0.15, -0.1) is 0 Å². The smallest absolute Gasteiger partial charge is 0.321 e. The monoisotopic (exact) mass is 339 g/mol. The summed E-state index contributed by atoms with van der Waals surface area (Å²) < 4.78 is 39.3. The van der Waals surface area contributed by atoms with Crippen molar-refractivity contribution in [2.75, 3.05) is 0 Å². The van der Waals surface area contributed by atoms with Crippen LogP contribution in [0.2, 0.25) is 5.02 Å². The lowest BCUT2D eigenvalue weighted by atomic mass is 10.2. The Morgan fingerprint density at radius 3 is 2.48 bits per heavy atom. The van der Waals surface area contributed by atoms with Crippen molar-refractivity contribution in [2.45, 2.75) is 23.8 Å². The Kier molecular flexibility index (Phi) is 5.64. The van der Waals surface area contributed by atoms with Gasteiger partial charge >= 0.3 is 11.9 Å². The van der Waals surface area contributed by atoms with Gasteiger partial charge in [0.05, 0.1) is 5.02 Å². The highest BCUT2D eigenvalue weighted by Crippen LogP contribution is 2.22. The van der Waals surface area contributed by atoms with E-state index in [0.29, 0.717) is 0 Å². The summed E-state index contributed by atoms with van der Waals surface area (Å²) in [6.45, 7) is 0. The van der Waals surface area contributed by atoms with Crippen LogP contribution in [0.4, 0.5) is 4.39 Å². The Bertz CT molecular complexity index is 663. The van der Waals surface area contributed by atoms with E-state index >= 15 is 0 Å².